The average molecular weight is 1060 g/mol. The van der Waals surface area contributed by atoms with Crippen LogP contribution in [-0.4, -0.2) is 100 Å². The van der Waals surface area contributed by atoms with Crippen LogP contribution in [0.2, 0.25) is 0 Å². The van der Waals surface area contributed by atoms with Gasteiger partial charge in [0.1, 0.15) is 24.4 Å². The second-order valence-corrected chi connectivity index (χ2v) is 22.1. The van der Waals surface area contributed by atoms with Crippen LogP contribution in [0.3, 0.4) is 0 Å². The predicted octanol–water partition coefficient (Wildman–Crippen LogP) is 15.1. The molecule has 11 heteroatoms. The number of rotatable bonds is 55. The lowest BCUT2D eigenvalue weighted by atomic mass is 9.99. The van der Waals surface area contributed by atoms with Gasteiger partial charge in [0.05, 0.1) is 32.0 Å². The fourth-order valence-electron chi connectivity index (χ4n) is 9.94. The van der Waals surface area contributed by atoms with Gasteiger partial charge in [-0.2, -0.15) is 0 Å². The van der Waals surface area contributed by atoms with E-state index in [1.165, 1.54) is 199 Å². The van der Waals surface area contributed by atoms with Crippen molar-refractivity contribution >= 4 is 11.9 Å². The number of carbonyl (C=O) groups excluding carboxylic acids is 2. The highest BCUT2D eigenvalue weighted by molar-refractivity contribution is 5.76. The largest absolute Gasteiger partial charge is 0.466 e. The van der Waals surface area contributed by atoms with Crippen LogP contribution in [0, 0.1) is 0 Å². The summed E-state index contributed by atoms with van der Waals surface area (Å²) in [7, 11) is 0. The van der Waals surface area contributed by atoms with E-state index in [1.807, 2.05) is 6.08 Å². The van der Waals surface area contributed by atoms with Gasteiger partial charge in [-0.15, -0.1) is 0 Å². The summed E-state index contributed by atoms with van der Waals surface area (Å²) in [6.07, 6.45) is 56.9. The van der Waals surface area contributed by atoms with Crippen molar-refractivity contribution in [3.05, 3.63) is 36.5 Å². The molecule has 1 saturated heterocycles. The van der Waals surface area contributed by atoms with E-state index in [4.69, 9.17) is 14.2 Å². The Morgan fingerprint density at radius 2 is 0.893 bits per heavy atom. The third kappa shape index (κ3) is 43.4. The van der Waals surface area contributed by atoms with Crippen LogP contribution in [-0.2, 0) is 23.8 Å². The third-order valence-electron chi connectivity index (χ3n) is 15.0. The van der Waals surface area contributed by atoms with E-state index in [0.717, 1.165) is 70.6 Å². The number of hydrogen-bond donors (Lipinski definition) is 6. The summed E-state index contributed by atoms with van der Waals surface area (Å²) < 4.78 is 16.7. The first-order valence-electron chi connectivity index (χ1n) is 31.8. The van der Waals surface area contributed by atoms with Gasteiger partial charge < -0.3 is 45.1 Å². The number of unbranched alkanes of at least 4 members (excludes halogenated alkanes) is 37. The van der Waals surface area contributed by atoms with Gasteiger partial charge in [0.2, 0.25) is 5.91 Å². The molecule has 6 N–H and O–H groups in total. The zero-order chi connectivity index (χ0) is 54.5. The van der Waals surface area contributed by atoms with E-state index in [1.54, 1.807) is 6.08 Å². The highest BCUT2D eigenvalue weighted by Gasteiger charge is 2.44. The van der Waals surface area contributed by atoms with Crippen molar-refractivity contribution in [1.29, 1.82) is 0 Å². The molecule has 7 atom stereocenters. The molecule has 1 aliphatic heterocycles. The summed E-state index contributed by atoms with van der Waals surface area (Å²) >= 11 is 0. The molecule has 7 unspecified atom stereocenters. The van der Waals surface area contributed by atoms with Gasteiger partial charge in [-0.25, -0.2) is 0 Å². The van der Waals surface area contributed by atoms with E-state index in [2.05, 4.69) is 43.5 Å². The van der Waals surface area contributed by atoms with Gasteiger partial charge in [-0.3, -0.25) is 9.59 Å². The SMILES string of the molecule is CCCCCC/C=C\C/C=C\CCCCCCCC(=O)OCCCCCCCCCCCCCCCCCCCCCCCCC(=O)NC(COC1OC(CO)C(O)C(O)C1O)C(O)/C=C/CCCCCCCCC. The second-order valence-electron chi connectivity index (χ2n) is 22.1. The molecule has 0 radical (unpaired) electrons. The average Bonchev–Trinajstić information content (AvgIpc) is 3.41. The topological polar surface area (TPSA) is 175 Å². The molecule has 0 saturated carbocycles. The molecule has 75 heavy (non-hydrogen) atoms. The Morgan fingerprint density at radius 3 is 1.36 bits per heavy atom. The maximum absolute atomic E-state index is 13.0. The molecule has 0 bridgehead atoms. The first kappa shape index (κ1) is 70.9. The van der Waals surface area contributed by atoms with Gasteiger partial charge in [0, 0.05) is 12.8 Å². The molecule has 1 aliphatic rings. The molecule has 0 aliphatic carbocycles. The maximum atomic E-state index is 13.0. The molecule has 1 rings (SSSR count). The molecule has 1 heterocycles. The van der Waals surface area contributed by atoms with Crippen LogP contribution in [0.5, 0.6) is 0 Å². The summed E-state index contributed by atoms with van der Waals surface area (Å²) in [4.78, 5) is 25.1. The normalized spacial score (nSPS) is 18.9. The monoisotopic (exact) mass is 1060 g/mol. The van der Waals surface area contributed by atoms with E-state index in [-0.39, 0.29) is 18.5 Å². The number of allylic oxidation sites excluding steroid dienone is 5. The maximum Gasteiger partial charge on any atom is 0.305 e. The van der Waals surface area contributed by atoms with Crippen LogP contribution < -0.4 is 5.32 Å². The highest BCUT2D eigenvalue weighted by atomic mass is 16.7. The molecular formula is C64H119NO10. The number of ether oxygens (including phenoxy) is 3. The molecule has 0 aromatic heterocycles. The minimum absolute atomic E-state index is 0.0127. The van der Waals surface area contributed by atoms with E-state index in [0.29, 0.717) is 19.4 Å². The Bertz CT molecular complexity index is 1340. The standard InChI is InChI=1S/C64H119NO10/c1-3-5-7-9-11-13-14-15-16-26-29-32-36-40-44-48-52-60(69)73-53-49-45-41-37-33-30-27-24-22-20-18-17-19-21-23-25-28-31-35-39-43-47-51-59(68)65-56(57(67)50-46-42-38-34-12-10-8-6-4-2)55-74-64-63(72)62(71)61(70)58(54-66)75-64/h13-14,16,26,46,50,56-58,61-64,66-67,70-72H,3-12,15,17-25,27-45,47-49,51-55H2,1-2H3,(H,65,68)/b14-13-,26-16-,50-46+. The summed E-state index contributed by atoms with van der Waals surface area (Å²) in [6, 6.07) is -0.809. The van der Waals surface area contributed by atoms with Crippen molar-refractivity contribution in [2.24, 2.45) is 0 Å². The first-order chi connectivity index (χ1) is 36.7. The minimum Gasteiger partial charge on any atom is -0.466 e. The lowest BCUT2D eigenvalue weighted by molar-refractivity contribution is -0.302. The molecule has 1 amide bonds. The third-order valence-corrected chi connectivity index (χ3v) is 15.0. The van der Waals surface area contributed by atoms with Crippen molar-refractivity contribution in [1.82, 2.24) is 5.32 Å². The molecule has 1 fully saturated rings. The molecule has 11 nitrogen and oxygen atoms in total. The second kappa shape index (κ2) is 53.9. The molecular weight excluding hydrogens is 943 g/mol. The molecule has 0 aromatic carbocycles. The van der Waals surface area contributed by atoms with Crippen molar-refractivity contribution in [2.45, 2.75) is 339 Å². The number of amides is 1. The van der Waals surface area contributed by atoms with Gasteiger partial charge in [0.25, 0.3) is 0 Å². The highest BCUT2D eigenvalue weighted by Crippen LogP contribution is 2.23. The zero-order valence-corrected chi connectivity index (χ0v) is 48.5. The van der Waals surface area contributed by atoms with Crippen molar-refractivity contribution < 1.29 is 49.3 Å². The summed E-state index contributed by atoms with van der Waals surface area (Å²) in [6.45, 7) is 4.30. The smallest absolute Gasteiger partial charge is 0.305 e. The number of hydrogen-bond acceptors (Lipinski definition) is 10. The van der Waals surface area contributed by atoms with Gasteiger partial charge in [-0.05, 0) is 64.2 Å². The van der Waals surface area contributed by atoms with Gasteiger partial charge in [0.15, 0.2) is 6.29 Å². The first-order valence-corrected chi connectivity index (χ1v) is 31.8. The Morgan fingerprint density at radius 1 is 0.493 bits per heavy atom. The van der Waals surface area contributed by atoms with E-state index >= 15 is 0 Å². The number of carbonyl (C=O) groups is 2. The summed E-state index contributed by atoms with van der Waals surface area (Å²) in [5.41, 5.74) is 0. The Labute approximate surface area is 460 Å². The Hall–Kier alpha value is -2.12. The summed E-state index contributed by atoms with van der Waals surface area (Å²) in [5, 5.41) is 54.2. The number of esters is 1. The van der Waals surface area contributed by atoms with Crippen LogP contribution in [0.15, 0.2) is 36.5 Å². The molecule has 440 valence electrons. The number of aliphatic hydroxyl groups is 5. The number of aliphatic hydroxyl groups excluding tert-OH is 5. The van der Waals surface area contributed by atoms with Crippen molar-refractivity contribution in [2.75, 3.05) is 19.8 Å². The zero-order valence-electron chi connectivity index (χ0n) is 48.5. The van der Waals surface area contributed by atoms with Crippen LogP contribution >= 0.6 is 0 Å². The molecule has 0 aromatic rings. The van der Waals surface area contributed by atoms with Crippen molar-refractivity contribution in [3.63, 3.8) is 0 Å². The number of nitrogens with one attached hydrogen (secondary N) is 1. The van der Waals surface area contributed by atoms with Crippen molar-refractivity contribution in [3.8, 4) is 0 Å². The van der Waals surface area contributed by atoms with Crippen LogP contribution in [0.4, 0.5) is 0 Å². The van der Waals surface area contributed by atoms with Crippen LogP contribution in [0.25, 0.3) is 0 Å². The lowest BCUT2D eigenvalue weighted by Crippen LogP contribution is -2.60. The summed E-state index contributed by atoms with van der Waals surface area (Å²) in [5.74, 6) is -0.197. The van der Waals surface area contributed by atoms with Gasteiger partial charge >= 0.3 is 5.97 Å². The van der Waals surface area contributed by atoms with E-state index in [9.17, 15) is 35.1 Å². The Balaban J connectivity index is 1.97. The van der Waals surface area contributed by atoms with Gasteiger partial charge in [-0.1, -0.05) is 256 Å². The quantitative estimate of drug-likeness (QED) is 0.0195. The lowest BCUT2D eigenvalue weighted by Gasteiger charge is -2.40. The fraction of sp³-hybridized carbons (Fsp3) is 0.875. The molecule has 0 spiro atoms. The minimum atomic E-state index is -1.57. The predicted molar refractivity (Wildman–Crippen MR) is 311 cm³/mol. The van der Waals surface area contributed by atoms with E-state index < -0.39 is 49.5 Å². The fourth-order valence-corrected chi connectivity index (χ4v) is 9.94. The van der Waals surface area contributed by atoms with Crippen LogP contribution in [0.1, 0.15) is 296 Å². The Kier molecular flexibility index (Phi) is 50.9.